The van der Waals surface area contributed by atoms with E-state index in [1.165, 1.54) is 5.57 Å². The van der Waals surface area contributed by atoms with Crippen LogP contribution in [0.15, 0.2) is 36.0 Å². The van der Waals surface area contributed by atoms with E-state index < -0.39 is 20.7 Å². The number of allylic oxidation sites excluding steroid dienone is 4. The zero-order chi connectivity index (χ0) is 20.5. The van der Waals surface area contributed by atoms with Crippen LogP contribution in [0.3, 0.4) is 0 Å². The van der Waals surface area contributed by atoms with Crippen molar-refractivity contribution >= 4 is 26.4 Å². The highest BCUT2D eigenvalue weighted by molar-refractivity contribution is 8.54. The Morgan fingerprint density at radius 2 is 1.93 bits per heavy atom. The molecule has 1 fully saturated rings. The molecule has 1 rings (SSSR count). The van der Waals surface area contributed by atoms with Gasteiger partial charge in [0.15, 0.2) is 0 Å². The van der Waals surface area contributed by atoms with E-state index in [2.05, 4.69) is 0 Å². The lowest BCUT2D eigenvalue weighted by Gasteiger charge is -2.33. The first-order valence-corrected chi connectivity index (χ1v) is 13.3. The lowest BCUT2D eigenvalue weighted by atomic mass is 9.89. The highest BCUT2D eigenvalue weighted by Gasteiger charge is 2.36. The van der Waals surface area contributed by atoms with Crippen LogP contribution < -0.4 is 0 Å². The summed E-state index contributed by atoms with van der Waals surface area (Å²) < 4.78 is 45.2. The first kappa shape index (κ1) is 24.8. The second kappa shape index (κ2) is 11.7. The number of hydrogen-bond acceptors (Lipinski definition) is 7. The quantitative estimate of drug-likeness (QED) is 0.267. The van der Waals surface area contributed by atoms with Crippen LogP contribution in [0, 0.1) is 0 Å². The smallest absolute Gasteiger partial charge is 0.297 e. The molecule has 0 aromatic rings. The summed E-state index contributed by atoms with van der Waals surface area (Å²) >= 11 is 1.14. The first-order valence-electron chi connectivity index (χ1n) is 8.86. The molecule has 1 aliphatic rings. The fourth-order valence-electron chi connectivity index (χ4n) is 2.05. The Bertz CT molecular complexity index is 614. The van der Waals surface area contributed by atoms with E-state index >= 15 is 0 Å². The molecule has 0 heterocycles. The summed E-state index contributed by atoms with van der Waals surface area (Å²) in [6.45, 7) is 6.31. The summed E-state index contributed by atoms with van der Waals surface area (Å²) in [5, 5.41) is 0. The molecule has 0 spiro atoms. The molecule has 9 heteroatoms. The Hall–Kier alpha value is -0.260. The topological polar surface area (TPSA) is 71.1 Å². The second-order valence-electron chi connectivity index (χ2n) is 7.28. The first-order chi connectivity index (χ1) is 12.5. The van der Waals surface area contributed by atoms with E-state index in [0.29, 0.717) is 0 Å². The van der Waals surface area contributed by atoms with Gasteiger partial charge in [-0.1, -0.05) is 36.0 Å². The van der Waals surface area contributed by atoms with Crippen molar-refractivity contribution in [1.82, 2.24) is 0 Å². The van der Waals surface area contributed by atoms with Crippen LogP contribution in [-0.4, -0.2) is 30.7 Å². The molecule has 0 saturated heterocycles. The van der Waals surface area contributed by atoms with Crippen LogP contribution in [-0.2, 0) is 27.2 Å². The van der Waals surface area contributed by atoms with E-state index in [0.717, 1.165) is 24.2 Å². The van der Waals surface area contributed by atoms with Gasteiger partial charge in [-0.05, 0) is 65.1 Å². The van der Waals surface area contributed by atoms with E-state index in [9.17, 15) is 9.13 Å². The maximum absolute atomic E-state index is 12.6. The second-order valence-corrected chi connectivity index (χ2v) is 12.3. The molecular formula is C18H31O6P2S+. The highest BCUT2D eigenvalue weighted by Crippen LogP contribution is 2.63. The molecule has 27 heavy (non-hydrogen) atoms. The Labute approximate surface area is 168 Å². The Morgan fingerprint density at radius 1 is 1.26 bits per heavy atom. The van der Waals surface area contributed by atoms with Crippen molar-refractivity contribution in [2.75, 3.05) is 12.9 Å². The lowest BCUT2D eigenvalue weighted by Crippen LogP contribution is -2.25. The molecule has 6 nitrogen and oxygen atoms in total. The van der Waals surface area contributed by atoms with Crippen molar-refractivity contribution in [3.05, 3.63) is 36.0 Å². The van der Waals surface area contributed by atoms with Gasteiger partial charge in [0, 0.05) is 4.57 Å². The number of rotatable bonds is 11. The summed E-state index contributed by atoms with van der Waals surface area (Å²) in [4.78, 5) is 0. The Morgan fingerprint density at radius 3 is 2.48 bits per heavy atom. The van der Waals surface area contributed by atoms with E-state index in [1.54, 1.807) is 26.2 Å². The predicted octanol–water partition coefficient (Wildman–Crippen LogP) is 6.59. The van der Waals surface area contributed by atoms with Crippen LogP contribution in [0.25, 0.3) is 0 Å². The third-order valence-corrected chi connectivity index (χ3v) is 7.68. The molecule has 0 aliphatic heterocycles. The minimum absolute atomic E-state index is 0.0634. The fourth-order valence-corrected chi connectivity index (χ4v) is 5.57. The van der Waals surface area contributed by atoms with E-state index in [-0.39, 0.29) is 18.8 Å². The summed E-state index contributed by atoms with van der Waals surface area (Å²) in [5.41, 5.74) is 0.728. The summed E-state index contributed by atoms with van der Waals surface area (Å²) in [7, 11) is -2.06. The van der Waals surface area contributed by atoms with Crippen LogP contribution >= 0.6 is 26.4 Å². The molecule has 0 radical (unpaired) electrons. The molecule has 0 amide bonds. The normalized spacial score (nSPS) is 20.9. The van der Waals surface area contributed by atoms with Crippen molar-refractivity contribution < 1.29 is 27.2 Å². The maximum atomic E-state index is 12.6. The molecule has 1 aliphatic carbocycles. The zero-order valence-corrected chi connectivity index (χ0v) is 19.5. The maximum Gasteiger partial charge on any atom is 0.697 e. The molecule has 0 aromatic heterocycles. The number of hydrogen-bond donors (Lipinski definition) is 0. The van der Waals surface area contributed by atoms with Gasteiger partial charge in [0.05, 0.1) is 11.7 Å². The van der Waals surface area contributed by atoms with Crippen molar-refractivity contribution in [2.24, 2.45) is 0 Å². The molecule has 0 aromatic carbocycles. The zero-order valence-electron chi connectivity index (χ0n) is 16.9. The average Bonchev–Trinajstić information content (AvgIpc) is 2.48. The third-order valence-electron chi connectivity index (χ3n) is 3.13. The van der Waals surface area contributed by atoms with Crippen molar-refractivity contribution in [1.29, 1.82) is 0 Å². The Kier molecular flexibility index (Phi) is 10.7. The van der Waals surface area contributed by atoms with Gasteiger partial charge in [0.25, 0.3) is 0 Å². The fraction of sp³-hybridized carbons (Fsp3) is 0.667. The van der Waals surface area contributed by atoms with Gasteiger partial charge in [-0.2, -0.15) is 0 Å². The van der Waals surface area contributed by atoms with E-state index in [1.807, 2.05) is 45.1 Å². The van der Waals surface area contributed by atoms with Gasteiger partial charge < -0.3 is 0 Å². The van der Waals surface area contributed by atoms with Gasteiger partial charge in [-0.15, -0.1) is 9.05 Å². The van der Waals surface area contributed by atoms with E-state index in [4.69, 9.17) is 18.1 Å². The molecule has 0 N–H and O–H groups in total. The summed E-state index contributed by atoms with van der Waals surface area (Å²) in [6.07, 6.45) is 12.5. The molecule has 0 bridgehead atoms. The molecular weight excluding hydrogens is 406 g/mol. The summed E-state index contributed by atoms with van der Waals surface area (Å²) in [5.74, 6) is 0. The minimum atomic E-state index is -3.12. The monoisotopic (exact) mass is 437 g/mol. The van der Waals surface area contributed by atoms with Gasteiger partial charge >= 0.3 is 15.1 Å². The SMILES string of the molecule is CSP(=O)(OC1CC(=C/C=C/C=C/CO[P+](=O)OC(C)C)C1)OC(C)(C)C. The third kappa shape index (κ3) is 11.4. The van der Waals surface area contributed by atoms with Gasteiger partial charge in [-0.25, -0.2) is 4.57 Å². The van der Waals surface area contributed by atoms with Crippen molar-refractivity contribution in [3.63, 3.8) is 0 Å². The van der Waals surface area contributed by atoms with Crippen LogP contribution in [0.5, 0.6) is 0 Å². The van der Waals surface area contributed by atoms with Gasteiger partial charge in [0.1, 0.15) is 12.7 Å². The van der Waals surface area contributed by atoms with Crippen molar-refractivity contribution in [3.8, 4) is 0 Å². The molecule has 154 valence electrons. The van der Waals surface area contributed by atoms with Crippen LogP contribution in [0.2, 0.25) is 0 Å². The molecule has 2 unspecified atom stereocenters. The van der Waals surface area contributed by atoms with Gasteiger partial charge in [0.2, 0.25) is 0 Å². The standard InChI is InChI=1S/C18H31O6P2S/c1-15(2)22-25(19)21-12-10-8-7-9-11-16-13-17(14-16)23-26(20,27-6)24-18(3,4)5/h7-11,15,17H,12-14H2,1-6H3/q+1/b9-7+,10-8+,16-11?. The van der Waals surface area contributed by atoms with Crippen LogP contribution in [0.4, 0.5) is 0 Å². The molecule has 1 saturated carbocycles. The van der Waals surface area contributed by atoms with Gasteiger partial charge in [-0.3, -0.25) is 9.05 Å². The minimum Gasteiger partial charge on any atom is -0.297 e. The predicted molar refractivity (Wildman–Crippen MR) is 112 cm³/mol. The summed E-state index contributed by atoms with van der Waals surface area (Å²) in [6, 6.07) is 0. The highest BCUT2D eigenvalue weighted by atomic mass is 32.7. The average molecular weight is 437 g/mol. The Balaban J connectivity index is 2.29. The lowest BCUT2D eigenvalue weighted by molar-refractivity contribution is 0.0739. The van der Waals surface area contributed by atoms with Crippen molar-refractivity contribution in [2.45, 2.75) is 65.3 Å². The molecule has 2 atom stereocenters. The largest absolute Gasteiger partial charge is 0.697 e. The van der Waals surface area contributed by atoms with Crippen LogP contribution in [0.1, 0.15) is 47.5 Å².